The molecule has 1 aromatic heterocycles. The van der Waals surface area contributed by atoms with E-state index in [0.717, 1.165) is 11.4 Å². The van der Waals surface area contributed by atoms with Crippen LogP contribution in [0.5, 0.6) is 5.75 Å². The predicted octanol–water partition coefficient (Wildman–Crippen LogP) is 2.87. The smallest absolute Gasteiger partial charge is 0.226 e. The van der Waals surface area contributed by atoms with E-state index in [1.807, 2.05) is 50.4 Å². The highest BCUT2D eigenvalue weighted by Gasteiger charge is 2.11. The summed E-state index contributed by atoms with van der Waals surface area (Å²) in [6.45, 7) is 4.53. The van der Waals surface area contributed by atoms with Crippen LogP contribution in [0.15, 0.2) is 42.7 Å². The molecule has 0 aliphatic carbocycles. The summed E-state index contributed by atoms with van der Waals surface area (Å²) in [5, 5.41) is 7.00. The van der Waals surface area contributed by atoms with Gasteiger partial charge in [0.1, 0.15) is 5.75 Å². The molecule has 1 heterocycles. The van der Waals surface area contributed by atoms with Gasteiger partial charge in [0, 0.05) is 24.5 Å². The quantitative estimate of drug-likeness (QED) is 0.880. The fraction of sp³-hybridized carbons (Fsp3) is 0.333. The Morgan fingerprint density at radius 3 is 2.75 bits per heavy atom. The van der Waals surface area contributed by atoms with Gasteiger partial charge in [0.25, 0.3) is 0 Å². The second-order valence-electron chi connectivity index (χ2n) is 4.54. The van der Waals surface area contributed by atoms with Crippen LogP contribution >= 0.6 is 0 Å². The highest BCUT2D eigenvalue weighted by molar-refractivity contribution is 5.90. The van der Waals surface area contributed by atoms with E-state index >= 15 is 0 Å². The van der Waals surface area contributed by atoms with Gasteiger partial charge in [-0.1, -0.05) is 0 Å². The van der Waals surface area contributed by atoms with Crippen LogP contribution in [-0.2, 0) is 4.79 Å². The summed E-state index contributed by atoms with van der Waals surface area (Å²) in [4.78, 5) is 11.9. The Kier molecular flexibility index (Phi) is 4.76. The van der Waals surface area contributed by atoms with Crippen molar-refractivity contribution in [3.05, 3.63) is 42.7 Å². The Morgan fingerprint density at radius 1 is 1.40 bits per heavy atom. The minimum absolute atomic E-state index is 0.0304. The third kappa shape index (κ3) is 3.85. The molecule has 1 amide bonds. The number of carbonyl (C=O) groups is 1. The lowest BCUT2D eigenvalue weighted by molar-refractivity contribution is -0.116. The van der Waals surface area contributed by atoms with Crippen LogP contribution in [0.25, 0.3) is 0 Å². The van der Waals surface area contributed by atoms with Crippen molar-refractivity contribution in [2.75, 3.05) is 11.9 Å². The summed E-state index contributed by atoms with van der Waals surface area (Å²) in [5.74, 6) is 0.771. The number of anilines is 1. The molecule has 0 saturated heterocycles. The number of aromatic nitrogens is 2. The number of carbonyl (C=O) groups excluding carboxylic acids is 1. The molecule has 0 saturated carbocycles. The van der Waals surface area contributed by atoms with Crippen LogP contribution in [0.1, 0.15) is 26.3 Å². The molecule has 0 aliphatic heterocycles. The average molecular weight is 273 g/mol. The lowest BCUT2D eigenvalue weighted by Gasteiger charge is -2.12. The maximum absolute atomic E-state index is 11.9. The Balaban J connectivity index is 1.87. The van der Waals surface area contributed by atoms with Crippen molar-refractivity contribution < 1.29 is 9.53 Å². The minimum Gasteiger partial charge on any atom is -0.494 e. The molecule has 0 bridgehead atoms. The Morgan fingerprint density at radius 2 is 2.15 bits per heavy atom. The maximum atomic E-state index is 11.9. The normalized spacial score (nSPS) is 11.9. The van der Waals surface area contributed by atoms with Gasteiger partial charge >= 0.3 is 0 Å². The molecule has 2 rings (SSSR count). The topological polar surface area (TPSA) is 56.1 Å². The van der Waals surface area contributed by atoms with E-state index in [4.69, 9.17) is 4.74 Å². The fourth-order valence-corrected chi connectivity index (χ4v) is 1.92. The maximum Gasteiger partial charge on any atom is 0.226 e. The third-order valence-electron chi connectivity index (χ3n) is 2.91. The zero-order valence-electron chi connectivity index (χ0n) is 11.7. The molecular weight excluding hydrogens is 254 g/mol. The first kappa shape index (κ1) is 14.1. The van der Waals surface area contributed by atoms with Crippen molar-refractivity contribution in [3.8, 4) is 5.75 Å². The SMILES string of the molecule is CCOc1ccc(NC(=O)C[C@H](C)n2cccn2)cc1. The second kappa shape index (κ2) is 6.75. The number of hydrogen-bond acceptors (Lipinski definition) is 3. The fourth-order valence-electron chi connectivity index (χ4n) is 1.92. The number of benzene rings is 1. The van der Waals surface area contributed by atoms with Crippen molar-refractivity contribution in [2.24, 2.45) is 0 Å². The lowest BCUT2D eigenvalue weighted by Crippen LogP contribution is -2.17. The lowest BCUT2D eigenvalue weighted by atomic mass is 10.2. The van der Waals surface area contributed by atoms with Crippen LogP contribution < -0.4 is 10.1 Å². The Labute approximate surface area is 118 Å². The minimum atomic E-state index is -0.0304. The first-order chi connectivity index (χ1) is 9.69. The number of ether oxygens (including phenoxy) is 1. The zero-order valence-corrected chi connectivity index (χ0v) is 11.7. The zero-order chi connectivity index (χ0) is 14.4. The first-order valence-corrected chi connectivity index (χ1v) is 6.71. The summed E-state index contributed by atoms with van der Waals surface area (Å²) in [5.41, 5.74) is 0.770. The van der Waals surface area contributed by atoms with Crippen molar-refractivity contribution in [2.45, 2.75) is 26.3 Å². The van der Waals surface area contributed by atoms with Crippen LogP contribution in [-0.4, -0.2) is 22.3 Å². The van der Waals surface area contributed by atoms with Crippen LogP contribution in [0.2, 0.25) is 0 Å². The van der Waals surface area contributed by atoms with Gasteiger partial charge in [-0.05, 0) is 44.2 Å². The molecule has 5 heteroatoms. The molecule has 1 N–H and O–H groups in total. The van der Waals surface area contributed by atoms with Crippen LogP contribution in [0.4, 0.5) is 5.69 Å². The molecular formula is C15H19N3O2. The largest absolute Gasteiger partial charge is 0.494 e. The Bertz CT molecular complexity index is 535. The van der Waals surface area contributed by atoms with Gasteiger partial charge in [-0.3, -0.25) is 9.48 Å². The van der Waals surface area contributed by atoms with E-state index in [9.17, 15) is 4.79 Å². The van der Waals surface area contributed by atoms with E-state index in [2.05, 4.69) is 10.4 Å². The molecule has 2 aromatic rings. The van der Waals surface area contributed by atoms with Gasteiger partial charge in [0.15, 0.2) is 0 Å². The van der Waals surface area contributed by atoms with Crippen LogP contribution in [0.3, 0.4) is 0 Å². The number of nitrogens with one attached hydrogen (secondary N) is 1. The highest BCUT2D eigenvalue weighted by atomic mass is 16.5. The van der Waals surface area contributed by atoms with Crippen molar-refractivity contribution >= 4 is 11.6 Å². The molecule has 0 spiro atoms. The van der Waals surface area contributed by atoms with Crippen LogP contribution in [0, 0.1) is 0 Å². The number of hydrogen-bond donors (Lipinski definition) is 1. The predicted molar refractivity (Wildman–Crippen MR) is 77.8 cm³/mol. The number of rotatable bonds is 6. The highest BCUT2D eigenvalue weighted by Crippen LogP contribution is 2.17. The molecule has 0 radical (unpaired) electrons. The molecule has 106 valence electrons. The summed E-state index contributed by atoms with van der Waals surface area (Å²) < 4.78 is 7.13. The van der Waals surface area contributed by atoms with E-state index in [1.54, 1.807) is 10.9 Å². The molecule has 0 fully saturated rings. The molecule has 1 atom stereocenters. The second-order valence-corrected chi connectivity index (χ2v) is 4.54. The van der Waals surface area contributed by atoms with Gasteiger partial charge < -0.3 is 10.1 Å². The monoisotopic (exact) mass is 273 g/mol. The summed E-state index contributed by atoms with van der Waals surface area (Å²) in [6.07, 6.45) is 3.95. The standard InChI is InChI=1S/C15H19N3O2/c1-3-20-14-7-5-13(6-8-14)17-15(19)11-12(2)18-10-4-9-16-18/h4-10,12H,3,11H2,1-2H3,(H,17,19)/t12-/m0/s1. The third-order valence-corrected chi connectivity index (χ3v) is 2.91. The van der Waals surface area contributed by atoms with Gasteiger partial charge in [-0.2, -0.15) is 5.10 Å². The van der Waals surface area contributed by atoms with Gasteiger partial charge in [0.05, 0.1) is 12.6 Å². The van der Waals surface area contributed by atoms with Crippen molar-refractivity contribution in [3.63, 3.8) is 0 Å². The van der Waals surface area contributed by atoms with Gasteiger partial charge in [-0.15, -0.1) is 0 Å². The average Bonchev–Trinajstić information content (AvgIpc) is 2.95. The molecule has 5 nitrogen and oxygen atoms in total. The molecule has 0 unspecified atom stereocenters. The molecule has 1 aromatic carbocycles. The number of amides is 1. The molecule has 0 aliphatic rings. The van der Waals surface area contributed by atoms with Gasteiger partial charge in [0.2, 0.25) is 5.91 Å². The summed E-state index contributed by atoms with van der Waals surface area (Å²) in [7, 11) is 0. The van der Waals surface area contributed by atoms with E-state index in [0.29, 0.717) is 13.0 Å². The van der Waals surface area contributed by atoms with Gasteiger partial charge in [-0.25, -0.2) is 0 Å². The van der Waals surface area contributed by atoms with Crippen molar-refractivity contribution in [1.82, 2.24) is 9.78 Å². The van der Waals surface area contributed by atoms with E-state index < -0.39 is 0 Å². The summed E-state index contributed by atoms with van der Waals surface area (Å²) >= 11 is 0. The molecule has 20 heavy (non-hydrogen) atoms. The van der Waals surface area contributed by atoms with E-state index in [-0.39, 0.29) is 11.9 Å². The van der Waals surface area contributed by atoms with E-state index in [1.165, 1.54) is 0 Å². The Hall–Kier alpha value is -2.30. The first-order valence-electron chi connectivity index (χ1n) is 6.71. The van der Waals surface area contributed by atoms with Crippen molar-refractivity contribution in [1.29, 1.82) is 0 Å². The number of nitrogens with zero attached hydrogens (tertiary/aromatic N) is 2. The summed E-state index contributed by atoms with van der Waals surface area (Å²) in [6, 6.07) is 9.24.